The predicted octanol–water partition coefficient (Wildman–Crippen LogP) is 1.30. The number of hydrogen-bond acceptors (Lipinski definition) is 4. The quantitative estimate of drug-likeness (QED) is 0.842. The highest BCUT2D eigenvalue weighted by Gasteiger charge is 2.13. The third-order valence-electron chi connectivity index (χ3n) is 2.20. The number of carbonyl (C=O) groups excluding carboxylic acids is 1. The molecule has 0 aliphatic rings. The van der Waals surface area contributed by atoms with Crippen LogP contribution in [0.25, 0.3) is 0 Å². The van der Waals surface area contributed by atoms with Crippen LogP contribution in [0.5, 0.6) is 0 Å². The maximum atomic E-state index is 11.8. The van der Waals surface area contributed by atoms with Crippen molar-refractivity contribution in [3.63, 3.8) is 0 Å². The number of nitrogens with zero attached hydrogens (tertiary/aromatic N) is 3. The lowest BCUT2D eigenvalue weighted by atomic mass is 10.3. The Morgan fingerprint density at radius 2 is 2.24 bits per heavy atom. The van der Waals surface area contributed by atoms with Gasteiger partial charge in [-0.2, -0.15) is 5.10 Å². The first kappa shape index (κ1) is 11.4. The zero-order chi connectivity index (χ0) is 12.4. The molecule has 0 radical (unpaired) electrons. The number of aromatic nitrogens is 3. The number of nitrogens with two attached hydrogens (primary N) is 1. The van der Waals surface area contributed by atoms with Crippen LogP contribution in [0.2, 0.25) is 5.02 Å². The van der Waals surface area contributed by atoms with Gasteiger partial charge in [0.15, 0.2) is 0 Å². The van der Waals surface area contributed by atoms with Crippen LogP contribution in [-0.2, 0) is 7.05 Å². The summed E-state index contributed by atoms with van der Waals surface area (Å²) in [5.41, 5.74) is 5.99. The van der Waals surface area contributed by atoms with E-state index in [2.05, 4.69) is 15.4 Å². The van der Waals surface area contributed by atoms with Gasteiger partial charge in [-0.15, -0.1) is 0 Å². The molecule has 0 aliphatic heterocycles. The van der Waals surface area contributed by atoms with E-state index < -0.39 is 0 Å². The zero-order valence-corrected chi connectivity index (χ0v) is 9.77. The van der Waals surface area contributed by atoms with E-state index in [1.807, 2.05) is 0 Å². The van der Waals surface area contributed by atoms with E-state index in [0.717, 1.165) is 0 Å². The lowest BCUT2D eigenvalue weighted by Crippen LogP contribution is -2.14. The summed E-state index contributed by atoms with van der Waals surface area (Å²) in [6, 6.07) is 3.24. The van der Waals surface area contributed by atoms with Crippen LogP contribution in [0.3, 0.4) is 0 Å². The fraction of sp³-hybridized carbons (Fsp3) is 0.100. The fourth-order valence-electron chi connectivity index (χ4n) is 1.26. The Labute approximate surface area is 102 Å². The van der Waals surface area contributed by atoms with Gasteiger partial charge in [0.25, 0.3) is 5.91 Å². The summed E-state index contributed by atoms with van der Waals surface area (Å²) in [5.74, 6) is 0.351. The molecule has 3 N–H and O–H groups in total. The highest BCUT2D eigenvalue weighted by molar-refractivity contribution is 6.30. The topological polar surface area (TPSA) is 85.8 Å². The Morgan fingerprint density at radius 3 is 2.76 bits per heavy atom. The van der Waals surface area contributed by atoms with Crippen molar-refractivity contribution < 1.29 is 4.79 Å². The van der Waals surface area contributed by atoms with Gasteiger partial charge in [0.1, 0.15) is 17.2 Å². The standard InChI is InChI=1S/C10H10ClN5O/c1-16-9(12)7(5-14-16)10(17)15-8-3-2-6(11)4-13-8/h2-5H,12H2,1H3,(H,13,15,17). The van der Waals surface area contributed by atoms with Gasteiger partial charge in [0, 0.05) is 13.2 Å². The van der Waals surface area contributed by atoms with Crippen LogP contribution in [0, 0.1) is 0 Å². The highest BCUT2D eigenvalue weighted by atomic mass is 35.5. The Morgan fingerprint density at radius 1 is 1.47 bits per heavy atom. The van der Waals surface area contributed by atoms with Gasteiger partial charge in [0.2, 0.25) is 0 Å². The van der Waals surface area contributed by atoms with Crippen molar-refractivity contribution in [3.8, 4) is 0 Å². The van der Waals surface area contributed by atoms with Crippen LogP contribution < -0.4 is 11.1 Å². The molecule has 2 heterocycles. The van der Waals surface area contributed by atoms with E-state index in [-0.39, 0.29) is 5.91 Å². The number of halogens is 1. The second-order valence-corrected chi connectivity index (χ2v) is 3.82. The molecule has 0 fully saturated rings. The molecule has 2 aromatic rings. The fourth-order valence-corrected chi connectivity index (χ4v) is 1.37. The van der Waals surface area contributed by atoms with E-state index in [4.69, 9.17) is 17.3 Å². The van der Waals surface area contributed by atoms with Gasteiger partial charge >= 0.3 is 0 Å². The van der Waals surface area contributed by atoms with Crippen molar-refractivity contribution in [1.82, 2.24) is 14.8 Å². The van der Waals surface area contributed by atoms with Crippen molar-refractivity contribution in [3.05, 3.63) is 35.1 Å². The molecule has 0 spiro atoms. The summed E-state index contributed by atoms with van der Waals surface area (Å²) in [6.07, 6.45) is 2.85. The maximum Gasteiger partial charge on any atom is 0.262 e. The molecule has 0 atom stereocenters. The molecule has 1 amide bonds. The first-order valence-corrected chi connectivity index (χ1v) is 5.16. The number of amides is 1. The second-order valence-electron chi connectivity index (χ2n) is 3.38. The number of aryl methyl sites for hydroxylation is 1. The molecule has 6 nitrogen and oxygen atoms in total. The first-order valence-electron chi connectivity index (χ1n) is 4.78. The Kier molecular flexibility index (Phi) is 2.97. The summed E-state index contributed by atoms with van der Waals surface area (Å²) < 4.78 is 1.42. The van der Waals surface area contributed by atoms with Crippen molar-refractivity contribution in [2.75, 3.05) is 11.1 Å². The Bertz CT molecular complexity index is 548. The molecular weight excluding hydrogens is 242 g/mol. The minimum absolute atomic E-state index is 0.302. The number of nitrogen functional groups attached to an aromatic ring is 1. The number of rotatable bonds is 2. The van der Waals surface area contributed by atoms with Gasteiger partial charge in [-0.1, -0.05) is 11.6 Å². The summed E-state index contributed by atoms with van der Waals surface area (Å²) >= 11 is 5.69. The van der Waals surface area contributed by atoms with Gasteiger partial charge in [0.05, 0.1) is 11.2 Å². The molecule has 88 valence electrons. The van der Waals surface area contributed by atoms with Crippen LogP contribution >= 0.6 is 11.6 Å². The van der Waals surface area contributed by atoms with E-state index in [9.17, 15) is 4.79 Å². The van der Waals surface area contributed by atoms with E-state index in [1.165, 1.54) is 17.1 Å². The van der Waals surface area contributed by atoms with Gasteiger partial charge in [-0.3, -0.25) is 9.48 Å². The summed E-state index contributed by atoms with van der Waals surface area (Å²) in [6.45, 7) is 0. The molecule has 2 aromatic heterocycles. The van der Waals surface area contributed by atoms with Crippen LogP contribution in [-0.4, -0.2) is 20.7 Å². The normalized spacial score (nSPS) is 10.2. The Hall–Kier alpha value is -2.08. The van der Waals surface area contributed by atoms with E-state index >= 15 is 0 Å². The molecule has 7 heteroatoms. The third-order valence-corrected chi connectivity index (χ3v) is 2.42. The molecule has 2 rings (SSSR count). The number of nitrogens with one attached hydrogen (secondary N) is 1. The van der Waals surface area contributed by atoms with Crippen LogP contribution in [0.15, 0.2) is 24.5 Å². The molecule has 0 saturated carbocycles. The van der Waals surface area contributed by atoms with Gasteiger partial charge < -0.3 is 11.1 Å². The monoisotopic (exact) mass is 251 g/mol. The molecule has 0 bridgehead atoms. The van der Waals surface area contributed by atoms with Crippen molar-refractivity contribution in [2.24, 2.45) is 7.05 Å². The number of hydrogen-bond donors (Lipinski definition) is 2. The largest absolute Gasteiger partial charge is 0.383 e. The third kappa shape index (κ3) is 2.36. The number of pyridine rings is 1. The lowest BCUT2D eigenvalue weighted by molar-refractivity contribution is 0.102. The maximum absolute atomic E-state index is 11.8. The van der Waals surface area contributed by atoms with Crippen LogP contribution in [0.4, 0.5) is 11.6 Å². The molecular formula is C10H10ClN5O. The summed E-state index contributed by atoms with van der Waals surface area (Å²) in [4.78, 5) is 15.8. The minimum atomic E-state index is -0.356. The average Bonchev–Trinajstić information content (AvgIpc) is 2.63. The summed E-state index contributed by atoms with van der Waals surface area (Å²) in [7, 11) is 1.66. The highest BCUT2D eigenvalue weighted by Crippen LogP contribution is 2.13. The average molecular weight is 252 g/mol. The number of carbonyl (C=O) groups is 1. The van der Waals surface area contributed by atoms with Crippen LogP contribution in [0.1, 0.15) is 10.4 Å². The minimum Gasteiger partial charge on any atom is -0.383 e. The zero-order valence-electron chi connectivity index (χ0n) is 9.01. The molecule has 0 aliphatic carbocycles. The predicted molar refractivity (Wildman–Crippen MR) is 64.8 cm³/mol. The smallest absolute Gasteiger partial charge is 0.262 e. The molecule has 17 heavy (non-hydrogen) atoms. The number of anilines is 2. The Balaban J connectivity index is 2.17. The molecule has 0 aromatic carbocycles. The van der Waals surface area contributed by atoms with Gasteiger partial charge in [-0.25, -0.2) is 4.98 Å². The van der Waals surface area contributed by atoms with Crippen molar-refractivity contribution in [1.29, 1.82) is 0 Å². The van der Waals surface area contributed by atoms with Crippen molar-refractivity contribution >= 4 is 29.1 Å². The molecule has 0 saturated heterocycles. The summed E-state index contributed by atoms with van der Waals surface area (Å²) in [5, 5.41) is 6.98. The molecule has 0 unspecified atom stereocenters. The van der Waals surface area contributed by atoms with E-state index in [1.54, 1.807) is 19.2 Å². The second kappa shape index (κ2) is 4.42. The van der Waals surface area contributed by atoms with Crippen molar-refractivity contribution in [2.45, 2.75) is 0 Å². The lowest BCUT2D eigenvalue weighted by Gasteiger charge is -2.03. The van der Waals surface area contributed by atoms with E-state index in [0.29, 0.717) is 22.2 Å². The first-order chi connectivity index (χ1) is 8.08. The van der Waals surface area contributed by atoms with Gasteiger partial charge in [-0.05, 0) is 12.1 Å². The SMILES string of the molecule is Cn1ncc(C(=O)Nc2ccc(Cl)cn2)c1N.